The van der Waals surface area contributed by atoms with Crippen molar-refractivity contribution in [3.05, 3.63) is 206 Å². The second-order valence-corrected chi connectivity index (χ2v) is 16.1. The van der Waals surface area contributed by atoms with Crippen LogP contribution >= 0.6 is 0 Å². The molecule has 0 aliphatic heterocycles. The maximum Gasteiger partial charge on any atom is 0.165 e. The highest BCUT2D eigenvalue weighted by molar-refractivity contribution is 6.37. The highest BCUT2D eigenvalue weighted by Gasteiger charge is 2.20. The van der Waals surface area contributed by atoms with Crippen molar-refractivity contribution in [3.8, 4) is 56.4 Å². The van der Waals surface area contributed by atoms with Crippen LogP contribution in [0.1, 0.15) is 0 Å². The van der Waals surface area contributed by atoms with E-state index in [9.17, 15) is 0 Å². The Labute approximate surface area is 356 Å². The molecule has 0 spiro atoms. The zero-order valence-corrected chi connectivity index (χ0v) is 33.4. The lowest BCUT2D eigenvalue weighted by molar-refractivity contribution is 1.07. The summed E-state index contributed by atoms with van der Waals surface area (Å²) in [6, 6.07) is 71.9. The van der Waals surface area contributed by atoms with Gasteiger partial charge >= 0.3 is 0 Å². The number of nitrogens with zero attached hydrogens (tertiary/aromatic N) is 4. The van der Waals surface area contributed by atoms with Crippen molar-refractivity contribution in [1.82, 2.24) is 19.9 Å². The van der Waals surface area contributed by atoms with Crippen molar-refractivity contribution in [2.75, 3.05) is 0 Å². The summed E-state index contributed by atoms with van der Waals surface area (Å²) in [6.45, 7) is 0. The van der Waals surface area contributed by atoms with E-state index in [-0.39, 0.29) is 0 Å². The van der Waals surface area contributed by atoms with E-state index in [1.807, 2.05) is 54.7 Å². The van der Waals surface area contributed by atoms with Crippen molar-refractivity contribution in [3.63, 3.8) is 0 Å². The van der Waals surface area contributed by atoms with E-state index in [1.165, 1.54) is 64.6 Å². The maximum absolute atomic E-state index is 5.21. The molecular formula is C58H34N4. The first-order chi connectivity index (χ1) is 30.7. The number of benzene rings is 10. The van der Waals surface area contributed by atoms with Crippen molar-refractivity contribution in [2.24, 2.45) is 0 Å². The molecule has 0 radical (unpaired) electrons. The number of para-hydroxylation sites is 1. The van der Waals surface area contributed by atoms with E-state index in [0.29, 0.717) is 17.5 Å². The van der Waals surface area contributed by atoms with Crippen molar-refractivity contribution >= 4 is 75.5 Å². The lowest BCUT2D eigenvalue weighted by Gasteiger charge is -2.18. The molecule has 0 aliphatic carbocycles. The molecule has 0 aliphatic rings. The molecule has 286 valence electrons. The van der Waals surface area contributed by atoms with Crippen LogP contribution in [0.3, 0.4) is 0 Å². The fraction of sp³-hybridized carbons (Fsp3) is 0. The molecule has 0 saturated heterocycles. The van der Waals surface area contributed by atoms with Gasteiger partial charge in [0, 0.05) is 28.3 Å². The Morgan fingerprint density at radius 2 is 0.726 bits per heavy atom. The van der Waals surface area contributed by atoms with Gasteiger partial charge in [-0.1, -0.05) is 176 Å². The second-order valence-electron chi connectivity index (χ2n) is 16.1. The average molecular weight is 787 g/mol. The molecule has 13 rings (SSSR count). The molecule has 0 amide bonds. The van der Waals surface area contributed by atoms with Gasteiger partial charge in [0.1, 0.15) is 0 Å². The van der Waals surface area contributed by atoms with E-state index in [4.69, 9.17) is 19.9 Å². The van der Waals surface area contributed by atoms with Crippen molar-refractivity contribution in [1.29, 1.82) is 0 Å². The summed E-state index contributed by atoms with van der Waals surface area (Å²) in [5.74, 6) is 1.79. The van der Waals surface area contributed by atoms with E-state index < -0.39 is 0 Å². The van der Waals surface area contributed by atoms with Gasteiger partial charge in [0.15, 0.2) is 17.5 Å². The third-order valence-corrected chi connectivity index (χ3v) is 12.6. The minimum absolute atomic E-state index is 0.577. The Morgan fingerprint density at radius 3 is 1.40 bits per heavy atom. The monoisotopic (exact) mass is 786 g/mol. The first-order valence-corrected chi connectivity index (χ1v) is 21.0. The van der Waals surface area contributed by atoms with Gasteiger partial charge in [0.05, 0.1) is 5.52 Å². The number of hydrogen-bond donors (Lipinski definition) is 0. The molecule has 2 heterocycles. The fourth-order valence-corrected chi connectivity index (χ4v) is 9.86. The summed E-state index contributed by atoms with van der Waals surface area (Å²) in [4.78, 5) is 20.2. The van der Waals surface area contributed by atoms with Gasteiger partial charge in [-0.15, -0.1) is 0 Å². The minimum atomic E-state index is 0.577. The smallest absolute Gasteiger partial charge is 0.165 e. The molecule has 4 nitrogen and oxygen atoms in total. The predicted octanol–water partition coefficient (Wildman–Crippen LogP) is 15.1. The molecule has 0 unspecified atom stereocenters. The van der Waals surface area contributed by atoms with Crippen LogP contribution in [0.25, 0.3) is 132 Å². The fourth-order valence-electron chi connectivity index (χ4n) is 9.86. The van der Waals surface area contributed by atoms with Crippen LogP contribution in [-0.4, -0.2) is 19.9 Å². The van der Waals surface area contributed by atoms with E-state index in [2.05, 4.69) is 152 Å². The molecule has 2 aromatic heterocycles. The number of rotatable bonds is 5. The highest BCUT2D eigenvalue weighted by Crippen LogP contribution is 2.46. The Kier molecular flexibility index (Phi) is 7.57. The molecule has 13 aromatic rings. The molecule has 0 N–H and O–H groups in total. The number of pyridine rings is 1. The topological polar surface area (TPSA) is 51.6 Å². The SMILES string of the molecule is c1ccc(-c2nc(-c3cnc4ccccc4c3)nc(-c3ccccc3-c3ccccc3-c3cc4ccc5cccc6c7cccc8ccc9cccc(c(c3)c4c56)c9c87)n2)cc1. The van der Waals surface area contributed by atoms with Crippen LogP contribution in [0.15, 0.2) is 206 Å². The van der Waals surface area contributed by atoms with Crippen LogP contribution in [0, 0.1) is 0 Å². The summed E-state index contributed by atoms with van der Waals surface area (Å²) in [5, 5.41) is 16.2. The highest BCUT2D eigenvalue weighted by atomic mass is 15.0. The molecule has 4 heteroatoms. The Morgan fingerprint density at radius 1 is 0.258 bits per heavy atom. The zero-order chi connectivity index (χ0) is 40.7. The quantitative estimate of drug-likeness (QED) is 0.163. The largest absolute Gasteiger partial charge is 0.255 e. The van der Waals surface area contributed by atoms with E-state index in [0.717, 1.165) is 49.8 Å². The van der Waals surface area contributed by atoms with Crippen molar-refractivity contribution in [2.45, 2.75) is 0 Å². The second kappa shape index (κ2) is 13.6. The number of fused-ring (bicyclic) bond motifs is 3. The Bertz CT molecular complexity index is 3920. The van der Waals surface area contributed by atoms with Crippen LogP contribution in [0.5, 0.6) is 0 Å². The van der Waals surface area contributed by atoms with Gasteiger partial charge in [-0.05, 0) is 111 Å². The molecular weight excluding hydrogens is 753 g/mol. The molecule has 0 fully saturated rings. The van der Waals surface area contributed by atoms with Crippen LogP contribution in [0.4, 0.5) is 0 Å². The summed E-state index contributed by atoms with van der Waals surface area (Å²) >= 11 is 0. The molecule has 0 bridgehead atoms. The Balaban J connectivity index is 1.07. The van der Waals surface area contributed by atoms with Crippen molar-refractivity contribution < 1.29 is 0 Å². The Hall–Kier alpha value is -8.34. The molecule has 0 atom stereocenters. The zero-order valence-electron chi connectivity index (χ0n) is 33.4. The molecule has 0 saturated carbocycles. The van der Waals surface area contributed by atoms with Crippen LogP contribution < -0.4 is 0 Å². The predicted molar refractivity (Wildman–Crippen MR) is 259 cm³/mol. The van der Waals surface area contributed by atoms with Gasteiger partial charge in [-0.25, -0.2) is 15.0 Å². The summed E-state index contributed by atoms with van der Waals surface area (Å²) in [5.41, 5.74) is 8.04. The lowest BCUT2D eigenvalue weighted by atomic mass is 9.85. The molecule has 11 aromatic carbocycles. The first-order valence-electron chi connectivity index (χ1n) is 21.0. The van der Waals surface area contributed by atoms with Gasteiger partial charge in [0.25, 0.3) is 0 Å². The summed E-state index contributed by atoms with van der Waals surface area (Å²) in [7, 11) is 0. The van der Waals surface area contributed by atoms with Gasteiger partial charge in [0.2, 0.25) is 0 Å². The number of aromatic nitrogens is 4. The molecule has 62 heavy (non-hydrogen) atoms. The standard InChI is InChI=1S/C58H34N4/c1-2-13-38(14-3-1)56-60-57(42-31-39-15-4-9-26-51(39)59-34-42)62-58(61-56)49-22-8-7-21-45(49)44-20-6-5-19-43(44)41-32-40-30-29-37-17-11-24-47-46-23-10-16-35-27-28-36-18-12-25-48(54(36)52(35)46)50(33-41)55(40)53(37)47/h1-34H. The summed E-state index contributed by atoms with van der Waals surface area (Å²) < 4.78 is 0. The van der Waals surface area contributed by atoms with Gasteiger partial charge < -0.3 is 0 Å². The normalized spacial score (nSPS) is 11.9. The lowest BCUT2D eigenvalue weighted by Crippen LogP contribution is -2.01. The third kappa shape index (κ3) is 5.33. The van der Waals surface area contributed by atoms with Gasteiger partial charge in [-0.3, -0.25) is 4.98 Å². The first kappa shape index (κ1) is 34.5. The van der Waals surface area contributed by atoms with E-state index in [1.54, 1.807) is 0 Å². The van der Waals surface area contributed by atoms with Gasteiger partial charge in [-0.2, -0.15) is 0 Å². The summed E-state index contributed by atoms with van der Waals surface area (Å²) in [6.07, 6.45) is 1.86. The van der Waals surface area contributed by atoms with Crippen LogP contribution in [-0.2, 0) is 0 Å². The van der Waals surface area contributed by atoms with Crippen LogP contribution in [0.2, 0.25) is 0 Å². The number of hydrogen-bond acceptors (Lipinski definition) is 4. The minimum Gasteiger partial charge on any atom is -0.255 e. The third-order valence-electron chi connectivity index (χ3n) is 12.6. The van der Waals surface area contributed by atoms with E-state index >= 15 is 0 Å². The maximum atomic E-state index is 5.21. The average Bonchev–Trinajstić information content (AvgIpc) is 3.35.